The van der Waals surface area contributed by atoms with E-state index in [1.807, 2.05) is 6.20 Å². The van der Waals surface area contributed by atoms with Gasteiger partial charge >= 0.3 is 0 Å². The maximum absolute atomic E-state index is 13.6. The lowest BCUT2D eigenvalue weighted by molar-refractivity contribution is -0.117. The zero-order valence-electron chi connectivity index (χ0n) is 16.7. The van der Waals surface area contributed by atoms with E-state index in [1.54, 1.807) is 30.1 Å². The molecule has 158 valence electrons. The fourth-order valence-corrected chi connectivity index (χ4v) is 5.75. The van der Waals surface area contributed by atoms with Gasteiger partial charge in [-0.05, 0) is 74.9 Å². The molecule has 3 aliphatic rings. The first kappa shape index (κ1) is 19.6. The van der Waals surface area contributed by atoms with E-state index in [9.17, 15) is 9.18 Å². The first-order valence-electron chi connectivity index (χ1n) is 10.6. The van der Waals surface area contributed by atoms with E-state index >= 15 is 0 Å². The second-order valence-corrected chi connectivity index (χ2v) is 9.36. The van der Waals surface area contributed by atoms with Gasteiger partial charge in [0, 0.05) is 28.9 Å². The molecule has 1 saturated heterocycles. The molecule has 1 aromatic heterocycles. The number of benzene rings is 1. The highest BCUT2D eigenvalue weighted by Crippen LogP contribution is 2.53. The summed E-state index contributed by atoms with van der Waals surface area (Å²) < 4.78 is 13.6. The molecule has 0 radical (unpaired) electrons. The third-order valence-electron chi connectivity index (χ3n) is 6.03. The van der Waals surface area contributed by atoms with Crippen LogP contribution in [-0.2, 0) is 4.79 Å². The van der Waals surface area contributed by atoms with Gasteiger partial charge in [0.25, 0.3) is 5.91 Å². The van der Waals surface area contributed by atoms with Crippen LogP contribution in [0.4, 0.5) is 10.1 Å². The molecule has 1 saturated carbocycles. The highest BCUT2D eigenvalue weighted by atomic mass is 32.2. The number of thioether (sulfide) groups is 1. The van der Waals surface area contributed by atoms with Crippen molar-refractivity contribution in [1.82, 2.24) is 20.8 Å². The summed E-state index contributed by atoms with van der Waals surface area (Å²) in [6.07, 6.45) is 8.08. The molecule has 2 fully saturated rings. The van der Waals surface area contributed by atoms with Gasteiger partial charge in [0.1, 0.15) is 16.9 Å². The number of amides is 1. The Morgan fingerprint density at radius 2 is 1.97 bits per heavy atom. The fourth-order valence-electron chi connectivity index (χ4n) is 4.18. The van der Waals surface area contributed by atoms with E-state index < -0.39 is 0 Å². The first-order chi connectivity index (χ1) is 14.7. The monoisotopic (exact) mass is 427 g/mol. The van der Waals surface area contributed by atoms with Crippen molar-refractivity contribution in [3.8, 4) is 0 Å². The normalized spacial score (nSPS) is 22.6. The molecule has 2 aliphatic heterocycles. The van der Waals surface area contributed by atoms with Crippen molar-refractivity contribution in [2.75, 3.05) is 24.5 Å². The van der Waals surface area contributed by atoms with Gasteiger partial charge < -0.3 is 15.5 Å². The summed E-state index contributed by atoms with van der Waals surface area (Å²) in [7, 11) is 0. The summed E-state index contributed by atoms with van der Waals surface area (Å²) in [5, 5.41) is 13.5. The lowest BCUT2D eigenvalue weighted by Gasteiger charge is -2.28. The van der Waals surface area contributed by atoms with E-state index in [-0.39, 0.29) is 17.1 Å². The van der Waals surface area contributed by atoms with Crippen molar-refractivity contribution >= 4 is 23.4 Å². The minimum absolute atomic E-state index is 0.0294. The maximum Gasteiger partial charge on any atom is 0.268 e. The molecule has 6 nitrogen and oxygen atoms in total. The van der Waals surface area contributed by atoms with Crippen molar-refractivity contribution in [3.63, 3.8) is 0 Å². The van der Waals surface area contributed by atoms with E-state index in [1.165, 1.54) is 25.0 Å². The minimum Gasteiger partial charge on any atom is -0.350 e. The molecule has 3 heterocycles. The summed E-state index contributed by atoms with van der Waals surface area (Å²) in [6, 6.07) is 6.41. The van der Waals surface area contributed by atoms with Crippen molar-refractivity contribution in [3.05, 3.63) is 58.6 Å². The third-order valence-corrected chi connectivity index (χ3v) is 7.52. The Labute approximate surface area is 179 Å². The predicted octanol–water partition coefficient (Wildman–Crippen LogP) is 3.54. The standard InChI is InChI=1S/C22H26FN5OS/c23-17-3-5-18(6-4-17)28-19(21(29)25-11-14-1-2-14)20(15-7-9-24-10-8-15)30-22(28)16-12-26-27-13-16/h3-6,12-15,22,24H,1-2,7-11H2,(H,25,29)(H,26,27). The molecule has 1 atom stereocenters. The number of piperidine rings is 1. The average molecular weight is 428 g/mol. The van der Waals surface area contributed by atoms with Crippen LogP contribution in [0.5, 0.6) is 0 Å². The number of hydrogen-bond acceptors (Lipinski definition) is 5. The van der Waals surface area contributed by atoms with Crippen molar-refractivity contribution in [2.45, 2.75) is 31.1 Å². The lowest BCUT2D eigenvalue weighted by Crippen LogP contribution is -2.36. The van der Waals surface area contributed by atoms with Gasteiger partial charge in [-0.1, -0.05) is 11.8 Å². The lowest BCUT2D eigenvalue weighted by atomic mass is 9.96. The Morgan fingerprint density at radius 1 is 1.20 bits per heavy atom. The highest BCUT2D eigenvalue weighted by molar-refractivity contribution is 8.03. The van der Waals surface area contributed by atoms with Crippen LogP contribution >= 0.6 is 11.8 Å². The van der Waals surface area contributed by atoms with Gasteiger partial charge in [0.05, 0.1) is 6.20 Å². The number of aromatic amines is 1. The van der Waals surface area contributed by atoms with Gasteiger partial charge in [-0.3, -0.25) is 9.89 Å². The average Bonchev–Trinajstić information content (AvgIpc) is 3.28. The first-order valence-corrected chi connectivity index (χ1v) is 11.5. The van der Waals surface area contributed by atoms with E-state index in [0.29, 0.717) is 17.5 Å². The van der Waals surface area contributed by atoms with Crippen LogP contribution in [0.3, 0.4) is 0 Å². The number of nitrogens with one attached hydrogen (secondary N) is 3. The van der Waals surface area contributed by atoms with Gasteiger partial charge in [0.2, 0.25) is 0 Å². The predicted molar refractivity (Wildman–Crippen MR) is 116 cm³/mol. The molecule has 1 aliphatic carbocycles. The van der Waals surface area contributed by atoms with Crippen LogP contribution in [0.2, 0.25) is 0 Å². The Bertz CT molecular complexity index is 920. The van der Waals surface area contributed by atoms with Crippen LogP contribution in [-0.4, -0.2) is 35.7 Å². The maximum atomic E-state index is 13.6. The number of carbonyl (C=O) groups is 1. The molecule has 0 spiro atoms. The molecule has 1 unspecified atom stereocenters. The summed E-state index contributed by atoms with van der Waals surface area (Å²) in [5.41, 5.74) is 2.53. The number of H-pyrrole nitrogens is 1. The van der Waals surface area contributed by atoms with Gasteiger partial charge in [-0.25, -0.2) is 4.39 Å². The second kappa shape index (κ2) is 8.43. The van der Waals surface area contributed by atoms with Crippen molar-refractivity contribution in [1.29, 1.82) is 0 Å². The molecule has 1 amide bonds. The molecule has 0 bridgehead atoms. The Kier molecular flexibility index (Phi) is 5.52. The molecule has 3 N–H and O–H groups in total. The molecule has 2 aromatic rings. The zero-order valence-corrected chi connectivity index (χ0v) is 17.6. The number of rotatable bonds is 6. The SMILES string of the molecule is O=C(NCC1CC1)C1=C(C2CCNCC2)SC(c2cn[nH]c2)N1c1ccc(F)cc1. The van der Waals surface area contributed by atoms with Crippen LogP contribution < -0.4 is 15.5 Å². The molecular weight excluding hydrogens is 401 g/mol. The summed E-state index contributed by atoms with van der Waals surface area (Å²) in [5.74, 6) is 0.638. The van der Waals surface area contributed by atoms with Crippen LogP contribution in [0.15, 0.2) is 47.3 Å². The van der Waals surface area contributed by atoms with E-state index in [4.69, 9.17) is 0 Å². The number of hydrogen-bond donors (Lipinski definition) is 3. The Balaban J connectivity index is 1.56. The molecule has 8 heteroatoms. The minimum atomic E-state index is -0.284. The summed E-state index contributed by atoms with van der Waals surface area (Å²) >= 11 is 1.73. The van der Waals surface area contributed by atoms with Gasteiger partial charge in [-0.15, -0.1) is 0 Å². The highest BCUT2D eigenvalue weighted by Gasteiger charge is 2.41. The van der Waals surface area contributed by atoms with Crippen LogP contribution in [0, 0.1) is 17.7 Å². The molecular formula is C22H26FN5OS. The Hall–Kier alpha value is -2.32. The number of carbonyl (C=O) groups excluding carboxylic acids is 1. The number of halogens is 1. The molecule has 1 aromatic carbocycles. The van der Waals surface area contributed by atoms with E-state index in [0.717, 1.165) is 48.6 Å². The number of aromatic nitrogens is 2. The van der Waals surface area contributed by atoms with E-state index in [2.05, 4.69) is 25.7 Å². The summed E-state index contributed by atoms with van der Waals surface area (Å²) in [6.45, 7) is 2.64. The summed E-state index contributed by atoms with van der Waals surface area (Å²) in [4.78, 5) is 16.7. The Morgan fingerprint density at radius 3 is 2.63 bits per heavy atom. The number of allylic oxidation sites excluding steroid dienone is 1. The quantitative estimate of drug-likeness (QED) is 0.658. The molecule has 30 heavy (non-hydrogen) atoms. The van der Waals surface area contributed by atoms with Crippen molar-refractivity contribution in [2.24, 2.45) is 11.8 Å². The fraction of sp³-hybridized carbons (Fsp3) is 0.455. The van der Waals surface area contributed by atoms with Crippen molar-refractivity contribution < 1.29 is 9.18 Å². The third kappa shape index (κ3) is 3.98. The topological polar surface area (TPSA) is 73.0 Å². The zero-order chi connectivity index (χ0) is 20.5. The largest absolute Gasteiger partial charge is 0.350 e. The van der Waals surface area contributed by atoms with Gasteiger partial charge in [-0.2, -0.15) is 5.10 Å². The number of anilines is 1. The molecule has 5 rings (SSSR count). The number of nitrogens with zero attached hydrogens (tertiary/aromatic N) is 2. The smallest absolute Gasteiger partial charge is 0.268 e. The van der Waals surface area contributed by atoms with Crippen LogP contribution in [0.1, 0.15) is 36.6 Å². The van der Waals surface area contributed by atoms with Crippen LogP contribution in [0.25, 0.3) is 0 Å². The second-order valence-electron chi connectivity index (χ2n) is 8.24. The van der Waals surface area contributed by atoms with Gasteiger partial charge in [0.15, 0.2) is 0 Å².